The predicted octanol–water partition coefficient (Wildman–Crippen LogP) is 5.82. The van der Waals surface area contributed by atoms with Crippen LogP contribution in [-0.2, 0) is 11.8 Å². The zero-order chi connectivity index (χ0) is 18.3. The van der Waals surface area contributed by atoms with Gasteiger partial charge in [-0.1, -0.05) is 79.7 Å². The maximum absolute atomic E-state index is 2.80. The van der Waals surface area contributed by atoms with Gasteiger partial charge in [0, 0.05) is 18.0 Å². The highest BCUT2D eigenvalue weighted by molar-refractivity contribution is 5.85. The monoisotopic (exact) mass is 355 g/mol. The molecule has 1 saturated heterocycles. The topological polar surface area (TPSA) is 3.24 Å². The third-order valence-electron chi connectivity index (χ3n) is 6.90. The van der Waals surface area contributed by atoms with Crippen molar-refractivity contribution in [3.05, 3.63) is 83.9 Å². The van der Waals surface area contributed by atoms with Crippen molar-refractivity contribution in [2.24, 2.45) is 5.92 Å². The van der Waals surface area contributed by atoms with Crippen molar-refractivity contribution >= 4 is 10.8 Å². The van der Waals surface area contributed by atoms with Crippen molar-refractivity contribution in [1.29, 1.82) is 0 Å². The van der Waals surface area contributed by atoms with Gasteiger partial charge in [0.1, 0.15) is 0 Å². The van der Waals surface area contributed by atoms with Gasteiger partial charge in [0.25, 0.3) is 0 Å². The third kappa shape index (κ3) is 3.08. The van der Waals surface area contributed by atoms with Crippen LogP contribution >= 0.6 is 0 Å². The number of nitrogens with zero attached hydrogens (tertiary/aromatic N) is 1. The molecule has 1 heterocycles. The van der Waals surface area contributed by atoms with Crippen molar-refractivity contribution < 1.29 is 0 Å². The van der Waals surface area contributed by atoms with Gasteiger partial charge in [0.15, 0.2) is 0 Å². The Kier molecular flexibility index (Phi) is 4.28. The maximum atomic E-state index is 2.80. The predicted molar refractivity (Wildman–Crippen MR) is 114 cm³/mol. The minimum Gasteiger partial charge on any atom is -0.299 e. The van der Waals surface area contributed by atoms with Crippen molar-refractivity contribution in [3.8, 4) is 0 Å². The zero-order valence-corrected chi connectivity index (χ0v) is 16.3. The minimum atomic E-state index is 0.280. The average Bonchev–Trinajstić information content (AvgIpc) is 3.44. The molecule has 3 atom stereocenters. The molecule has 3 unspecified atom stereocenters. The van der Waals surface area contributed by atoms with Crippen LogP contribution in [0.25, 0.3) is 10.8 Å². The fraction of sp³-hybridized carbons (Fsp3) is 0.385. The average molecular weight is 356 g/mol. The Balaban J connectivity index is 1.52. The van der Waals surface area contributed by atoms with E-state index in [0.29, 0.717) is 6.04 Å². The molecule has 1 nitrogen and oxygen atoms in total. The first-order chi connectivity index (χ1) is 13.3. The number of fused-ring (bicyclic) bond motifs is 1. The van der Waals surface area contributed by atoms with E-state index in [2.05, 4.69) is 84.6 Å². The van der Waals surface area contributed by atoms with E-state index in [4.69, 9.17) is 0 Å². The first-order valence-corrected chi connectivity index (χ1v) is 10.5. The fourth-order valence-electron chi connectivity index (χ4n) is 5.43. The van der Waals surface area contributed by atoms with Gasteiger partial charge in [-0.2, -0.15) is 0 Å². The quantitative estimate of drug-likeness (QED) is 0.569. The number of benzene rings is 3. The molecule has 2 fully saturated rings. The number of hydrogen-bond donors (Lipinski definition) is 0. The van der Waals surface area contributed by atoms with Gasteiger partial charge in [-0.05, 0) is 60.0 Å². The second kappa shape index (κ2) is 6.80. The van der Waals surface area contributed by atoms with E-state index in [1.807, 2.05) is 0 Å². The lowest BCUT2D eigenvalue weighted by Gasteiger charge is -2.33. The molecule has 0 spiro atoms. The first-order valence-electron chi connectivity index (χ1n) is 10.5. The molecule has 3 aromatic carbocycles. The van der Waals surface area contributed by atoms with Crippen molar-refractivity contribution in [3.63, 3.8) is 0 Å². The maximum Gasteiger partial charge on any atom is 0.0205 e. The number of hydrogen-bond acceptors (Lipinski definition) is 1. The van der Waals surface area contributed by atoms with Crippen LogP contribution in [0.2, 0.25) is 0 Å². The summed E-state index contributed by atoms with van der Waals surface area (Å²) >= 11 is 0. The van der Waals surface area contributed by atoms with E-state index < -0.39 is 0 Å². The summed E-state index contributed by atoms with van der Waals surface area (Å²) in [5, 5.41) is 2.79. The van der Waals surface area contributed by atoms with Crippen molar-refractivity contribution in [2.75, 3.05) is 13.1 Å². The smallest absolute Gasteiger partial charge is 0.0205 e. The van der Waals surface area contributed by atoms with Gasteiger partial charge in [0.05, 0.1) is 0 Å². The van der Waals surface area contributed by atoms with Crippen LogP contribution in [0.5, 0.6) is 0 Å². The van der Waals surface area contributed by atoms with E-state index in [1.54, 1.807) is 0 Å². The summed E-state index contributed by atoms with van der Waals surface area (Å²) in [6.07, 6.45) is 5.20. The minimum absolute atomic E-state index is 0.280. The normalized spacial score (nSPS) is 28.3. The van der Waals surface area contributed by atoms with Crippen molar-refractivity contribution in [1.82, 2.24) is 4.90 Å². The van der Waals surface area contributed by atoms with Gasteiger partial charge in [-0.15, -0.1) is 0 Å². The number of rotatable bonds is 4. The highest BCUT2D eigenvalue weighted by Gasteiger charge is 2.57. The largest absolute Gasteiger partial charge is 0.299 e. The van der Waals surface area contributed by atoms with Gasteiger partial charge < -0.3 is 0 Å². The van der Waals surface area contributed by atoms with E-state index in [0.717, 1.165) is 12.3 Å². The molecule has 1 saturated carbocycles. The summed E-state index contributed by atoms with van der Waals surface area (Å²) in [5.74, 6) is 0.838. The molecule has 0 bridgehead atoms. The Bertz CT molecular complexity index is 926. The summed E-state index contributed by atoms with van der Waals surface area (Å²) in [4.78, 5) is 2.80. The standard InChI is InChI=1S/C26H29N/c1-20-9-8-16-27(19-20)25-18-26(25,23-13-3-2-4-14-23)17-22-12-7-11-21-10-5-6-15-24(21)22/h2-7,10-15,20,25H,8-9,16-19H2,1H3. The Hall–Kier alpha value is -2.12. The Labute approximate surface area is 163 Å². The van der Waals surface area contributed by atoms with E-state index in [-0.39, 0.29) is 5.41 Å². The van der Waals surface area contributed by atoms with Crippen LogP contribution in [0.3, 0.4) is 0 Å². The molecule has 1 heteroatoms. The summed E-state index contributed by atoms with van der Waals surface area (Å²) in [5.41, 5.74) is 3.31. The van der Waals surface area contributed by atoms with Gasteiger partial charge in [-0.25, -0.2) is 0 Å². The van der Waals surface area contributed by atoms with Crippen LogP contribution < -0.4 is 0 Å². The second-order valence-corrected chi connectivity index (χ2v) is 8.80. The lowest BCUT2D eigenvalue weighted by Crippen LogP contribution is -2.39. The van der Waals surface area contributed by atoms with Crippen LogP contribution in [0, 0.1) is 5.92 Å². The summed E-state index contributed by atoms with van der Waals surface area (Å²) in [6, 6.07) is 27.7. The molecule has 0 amide bonds. The molecular weight excluding hydrogens is 326 g/mol. The van der Waals surface area contributed by atoms with Crippen LogP contribution in [0.15, 0.2) is 72.8 Å². The molecule has 3 aromatic rings. The zero-order valence-electron chi connectivity index (χ0n) is 16.3. The van der Waals surface area contributed by atoms with Gasteiger partial charge in [-0.3, -0.25) is 4.90 Å². The molecule has 138 valence electrons. The van der Waals surface area contributed by atoms with E-state index in [1.165, 1.54) is 54.3 Å². The molecule has 0 N–H and O–H groups in total. The fourth-order valence-corrected chi connectivity index (χ4v) is 5.43. The Morgan fingerprint density at radius 1 is 0.926 bits per heavy atom. The molecule has 1 aliphatic heterocycles. The molecule has 0 aromatic heterocycles. The summed E-state index contributed by atoms with van der Waals surface area (Å²) < 4.78 is 0. The Morgan fingerprint density at radius 3 is 2.56 bits per heavy atom. The third-order valence-corrected chi connectivity index (χ3v) is 6.90. The molecule has 2 aliphatic rings. The second-order valence-electron chi connectivity index (χ2n) is 8.80. The lowest BCUT2D eigenvalue weighted by atomic mass is 9.85. The SMILES string of the molecule is CC1CCCN(C2CC2(Cc2cccc3ccccc23)c2ccccc2)C1. The van der Waals surface area contributed by atoms with E-state index >= 15 is 0 Å². The van der Waals surface area contributed by atoms with Gasteiger partial charge in [0.2, 0.25) is 0 Å². The van der Waals surface area contributed by atoms with E-state index in [9.17, 15) is 0 Å². The Morgan fingerprint density at radius 2 is 1.70 bits per heavy atom. The van der Waals surface area contributed by atoms with Crippen LogP contribution in [0.4, 0.5) is 0 Å². The summed E-state index contributed by atoms with van der Waals surface area (Å²) in [7, 11) is 0. The molecule has 1 aliphatic carbocycles. The first kappa shape index (κ1) is 17.0. The van der Waals surface area contributed by atoms with Crippen molar-refractivity contribution in [2.45, 2.75) is 44.1 Å². The molecule has 5 rings (SSSR count). The lowest BCUT2D eigenvalue weighted by molar-refractivity contribution is 0.163. The molecular formula is C26H29N. The molecule has 0 radical (unpaired) electrons. The highest BCUT2D eigenvalue weighted by Crippen LogP contribution is 2.54. The summed E-state index contributed by atoms with van der Waals surface area (Å²) in [6.45, 7) is 4.97. The number of likely N-dealkylation sites (tertiary alicyclic amines) is 1. The highest BCUT2D eigenvalue weighted by atomic mass is 15.2. The molecule has 27 heavy (non-hydrogen) atoms. The number of piperidine rings is 1. The van der Waals surface area contributed by atoms with Crippen LogP contribution in [0.1, 0.15) is 37.3 Å². The van der Waals surface area contributed by atoms with Gasteiger partial charge >= 0.3 is 0 Å². The van der Waals surface area contributed by atoms with Crippen LogP contribution in [-0.4, -0.2) is 24.0 Å².